The molecule has 0 bridgehead atoms. The highest BCUT2D eigenvalue weighted by Crippen LogP contribution is 2.32. The summed E-state index contributed by atoms with van der Waals surface area (Å²) in [5, 5.41) is 13.4. The zero-order valence-electron chi connectivity index (χ0n) is 21.1. The third-order valence-corrected chi connectivity index (χ3v) is 7.84. The minimum atomic E-state index is 0.0359. The fraction of sp³-hybridized carbons (Fsp3) is 0.556. The molecule has 8 heteroatoms. The molecule has 4 rings (SSSR count). The van der Waals surface area contributed by atoms with Crippen molar-refractivity contribution in [1.29, 1.82) is 0 Å². The third-order valence-electron chi connectivity index (χ3n) is 6.20. The lowest BCUT2D eigenvalue weighted by Gasteiger charge is -2.16. The number of aliphatic hydroxyl groups is 1. The number of halogens is 1. The van der Waals surface area contributed by atoms with Gasteiger partial charge in [-0.25, -0.2) is 4.98 Å². The maximum Gasteiger partial charge on any atom is 0.222 e. The van der Waals surface area contributed by atoms with Crippen molar-refractivity contribution >= 4 is 39.5 Å². The van der Waals surface area contributed by atoms with Gasteiger partial charge in [0.1, 0.15) is 5.82 Å². The maximum atomic E-state index is 8.91. The number of nitrogens with two attached hydrogens (primary N) is 1. The fourth-order valence-electron chi connectivity index (χ4n) is 4.24. The molecule has 1 aromatic carbocycles. The van der Waals surface area contributed by atoms with Crippen LogP contribution in [0.3, 0.4) is 0 Å². The van der Waals surface area contributed by atoms with Crippen LogP contribution >= 0.6 is 27.7 Å². The highest BCUT2D eigenvalue weighted by Gasteiger charge is 2.14. The Morgan fingerprint density at radius 1 is 1.17 bits per heavy atom. The number of thioether (sulfide) groups is 1. The number of aliphatic hydroxyl groups excluding tert-OH is 1. The van der Waals surface area contributed by atoms with Crippen molar-refractivity contribution in [3.63, 3.8) is 0 Å². The number of allylic oxidation sites excluding steroid dienone is 1. The number of nitrogens with one attached hydrogen (secondary N) is 1. The molecular weight excluding hydrogens is 522 g/mol. The molecule has 2 aromatic rings. The number of hydrogen-bond donors (Lipinski definition) is 3. The van der Waals surface area contributed by atoms with Crippen LogP contribution in [0.15, 0.2) is 44.7 Å². The van der Waals surface area contributed by atoms with E-state index in [4.69, 9.17) is 10.8 Å². The van der Waals surface area contributed by atoms with Gasteiger partial charge in [0.15, 0.2) is 0 Å². The predicted molar refractivity (Wildman–Crippen MR) is 151 cm³/mol. The molecule has 0 atom stereocenters. The van der Waals surface area contributed by atoms with E-state index in [0.717, 1.165) is 66.3 Å². The monoisotopic (exact) mass is 561 g/mol. The maximum absolute atomic E-state index is 8.91. The minimum absolute atomic E-state index is 0.0359. The molecule has 1 aliphatic carbocycles. The summed E-state index contributed by atoms with van der Waals surface area (Å²) in [6.07, 6.45) is 12.8. The number of benzene rings is 1. The van der Waals surface area contributed by atoms with Gasteiger partial charge in [0.2, 0.25) is 5.95 Å². The van der Waals surface area contributed by atoms with E-state index in [-0.39, 0.29) is 6.10 Å². The highest BCUT2D eigenvalue weighted by molar-refractivity contribution is 9.10. The van der Waals surface area contributed by atoms with Crippen molar-refractivity contribution in [1.82, 2.24) is 14.9 Å². The molecule has 0 amide bonds. The molecule has 4 N–H and O–H groups in total. The van der Waals surface area contributed by atoms with Crippen LogP contribution in [0, 0.1) is 6.92 Å². The summed E-state index contributed by atoms with van der Waals surface area (Å²) in [5.74, 6) is 1.07. The van der Waals surface area contributed by atoms with Gasteiger partial charge < -0.3 is 16.2 Å². The molecule has 0 radical (unpaired) electrons. The standard InChI is InChI=1S/C21H28BrN5S.C6H12O/c1-3-4-7-20(28-18-12-16(22)9-8-15(18)2)25-19-13-17(24-21(23)26-19)14-27-10-5-6-11-27;7-6-4-2-1-3-5-6/h7-9,12-13H,3-6,10-11,14H2,1-2H3,(H3,23,24,25,26);6-7H,1-5H2/b20-7+;. The van der Waals surface area contributed by atoms with Crippen molar-refractivity contribution < 1.29 is 5.11 Å². The first-order chi connectivity index (χ1) is 16.9. The Hall–Kier alpha value is -1.61. The number of aromatic nitrogens is 2. The van der Waals surface area contributed by atoms with Crippen LogP contribution in [-0.2, 0) is 6.54 Å². The van der Waals surface area contributed by atoms with Crippen molar-refractivity contribution in [2.45, 2.75) is 89.2 Å². The SMILES string of the molecule is CCC/C=C(\Nc1cc(CN2CCCC2)nc(N)n1)Sc1cc(Br)ccc1C.OC1CCCCC1. The van der Waals surface area contributed by atoms with Gasteiger partial charge in [0.25, 0.3) is 0 Å². The van der Waals surface area contributed by atoms with E-state index < -0.39 is 0 Å². The summed E-state index contributed by atoms with van der Waals surface area (Å²) in [7, 11) is 0. The smallest absolute Gasteiger partial charge is 0.222 e. The van der Waals surface area contributed by atoms with Crippen LogP contribution in [0.2, 0.25) is 0 Å². The Morgan fingerprint density at radius 2 is 1.91 bits per heavy atom. The van der Waals surface area contributed by atoms with E-state index in [9.17, 15) is 0 Å². The van der Waals surface area contributed by atoms with Crippen LogP contribution in [0.4, 0.5) is 11.8 Å². The lowest BCUT2D eigenvalue weighted by molar-refractivity contribution is 0.130. The predicted octanol–water partition coefficient (Wildman–Crippen LogP) is 6.88. The lowest BCUT2D eigenvalue weighted by Crippen LogP contribution is -2.20. The molecular formula is C27H40BrN5OS. The summed E-state index contributed by atoms with van der Waals surface area (Å²) in [6.45, 7) is 7.40. The number of aryl methyl sites for hydroxylation is 1. The summed E-state index contributed by atoms with van der Waals surface area (Å²) in [5.41, 5.74) is 8.21. The van der Waals surface area contributed by atoms with Crippen LogP contribution in [0.25, 0.3) is 0 Å². The van der Waals surface area contributed by atoms with Gasteiger partial charge in [-0.2, -0.15) is 4.98 Å². The second-order valence-corrected chi connectivity index (χ2v) is 11.4. The molecule has 2 fully saturated rings. The van der Waals surface area contributed by atoms with Gasteiger partial charge in [-0.1, -0.05) is 72.4 Å². The van der Waals surface area contributed by atoms with Gasteiger partial charge in [-0.05, 0) is 69.8 Å². The Balaban J connectivity index is 0.000000420. The zero-order valence-corrected chi connectivity index (χ0v) is 23.5. The third kappa shape index (κ3) is 10.1. The number of likely N-dealkylation sites (tertiary alicyclic amines) is 1. The number of nitrogen functional groups attached to an aromatic ring is 1. The van der Waals surface area contributed by atoms with Gasteiger partial charge >= 0.3 is 0 Å². The fourth-order valence-corrected chi connectivity index (χ4v) is 5.76. The van der Waals surface area contributed by atoms with Gasteiger partial charge in [-0.15, -0.1) is 0 Å². The number of hydrogen-bond acceptors (Lipinski definition) is 7. The second kappa shape index (κ2) is 14.8. The molecule has 0 spiro atoms. The van der Waals surface area contributed by atoms with Gasteiger partial charge in [-0.3, -0.25) is 4.90 Å². The Kier molecular flexibility index (Phi) is 11.9. The average molecular weight is 563 g/mol. The molecule has 1 aliphatic heterocycles. The number of unbranched alkanes of at least 4 members (excludes halogenated alkanes) is 1. The molecule has 1 saturated carbocycles. The molecule has 1 aromatic heterocycles. The van der Waals surface area contributed by atoms with E-state index in [1.807, 2.05) is 6.07 Å². The Bertz CT molecular complexity index is 959. The molecule has 6 nitrogen and oxygen atoms in total. The van der Waals surface area contributed by atoms with Gasteiger partial charge in [0, 0.05) is 22.0 Å². The number of rotatable bonds is 8. The van der Waals surface area contributed by atoms with Crippen LogP contribution in [-0.4, -0.2) is 39.2 Å². The molecule has 2 aliphatic rings. The zero-order chi connectivity index (χ0) is 25.0. The summed E-state index contributed by atoms with van der Waals surface area (Å²) in [6, 6.07) is 8.36. The van der Waals surface area contributed by atoms with Crippen molar-refractivity contribution in [2.24, 2.45) is 0 Å². The minimum Gasteiger partial charge on any atom is -0.393 e. The highest BCUT2D eigenvalue weighted by atomic mass is 79.9. The molecule has 0 unspecified atom stereocenters. The Labute approximate surface area is 223 Å². The van der Waals surface area contributed by atoms with E-state index >= 15 is 0 Å². The van der Waals surface area contributed by atoms with Crippen molar-refractivity contribution in [3.8, 4) is 0 Å². The van der Waals surface area contributed by atoms with E-state index in [0.29, 0.717) is 5.95 Å². The summed E-state index contributed by atoms with van der Waals surface area (Å²) >= 11 is 5.29. The van der Waals surface area contributed by atoms with Crippen LogP contribution in [0.5, 0.6) is 0 Å². The second-order valence-electron chi connectivity index (χ2n) is 9.37. The largest absolute Gasteiger partial charge is 0.393 e. The summed E-state index contributed by atoms with van der Waals surface area (Å²) in [4.78, 5) is 12.5. The average Bonchev–Trinajstić information content (AvgIpc) is 3.33. The van der Waals surface area contributed by atoms with E-state index in [1.165, 1.54) is 42.6 Å². The van der Waals surface area contributed by atoms with Crippen LogP contribution < -0.4 is 11.1 Å². The molecule has 192 valence electrons. The molecule has 1 saturated heterocycles. The topological polar surface area (TPSA) is 87.3 Å². The van der Waals surface area contributed by atoms with Gasteiger partial charge in [0.05, 0.1) is 16.8 Å². The lowest BCUT2D eigenvalue weighted by atomic mass is 9.98. The van der Waals surface area contributed by atoms with Crippen molar-refractivity contribution in [2.75, 3.05) is 24.1 Å². The Morgan fingerprint density at radius 3 is 2.57 bits per heavy atom. The number of nitrogens with zero attached hydrogens (tertiary/aromatic N) is 3. The van der Waals surface area contributed by atoms with E-state index in [2.05, 4.69) is 74.2 Å². The normalized spacial score (nSPS) is 17.2. The first-order valence-corrected chi connectivity index (χ1v) is 14.5. The van der Waals surface area contributed by atoms with Crippen LogP contribution in [0.1, 0.15) is 76.0 Å². The van der Waals surface area contributed by atoms with Crippen molar-refractivity contribution in [3.05, 3.63) is 51.1 Å². The molecule has 35 heavy (non-hydrogen) atoms. The van der Waals surface area contributed by atoms with E-state index in [1.54, 1.807) is 11.8 Å². The first-order valence-electron chi connectivity index (χ1n) is 12.9. The number of anilines is 2. The quantitative estimate of drug-likeness (QED) is 0.302. The molecule has 2 heterocycles. The summed E-state index contributed by atoms with van der Waals surface area (Å²) < 4.78 is 1.08. The first kappa shape index (κ1) is 28.0.